The number of amides is 1. The lowest BCUT2D eigenvalue weighted by atomic mass is 9.87. The Bertz CT molecular complexity index is 778. The van der Waals surface area contributed by atoms with Crippen LogP contribution in [0.3, 0.4) is 0 Å². The van der Waals surface area contributed by atoms with E-state index in [9.17, 15) is 4.79 Å². The number of fused-ring (bicyclic) bond motifs is 1. The van der Waals surface area contributed by atoms with Gasteiger partial charge in [-0.25, -0.2) is 0 Å². The van der Waals surface area contributed by atoms with Gasteiger partial charge in [0.25, 0.3) is 5.91 Å². The lowest BCUT2D eigenvalue weighted by molar-refractivity contribution is -0.122. The van der Waals surface area contributed by atoms with E-state index in [4.69, 9.17) is 14.2 Å². The van der Waals surface area contributed by atoms with Crippen molar-refractivity contribution in [3.8, 4) is 17.2 Å². The van der Waals surface area contributed by atoms with Crippen LogP contribution in [0.1, 0.15) is 39.7 Å². The van der Waals surface area contributed by atoms with E-state index in [-0.39, 0.29) is 18.1 Å². The molecule has 3 rings (SSSR count). The third kappa shape index (κ3) is 4.10. The summed E-state index contributed by atoms with van der Waals surface area (Å²) in [6, 6.07) is 13.2. The van der Waals surface area contributed by atoms with Crippen LogP contribution in [0.5, 0.6) is 17.2 Å². The summed E-state index contributed by atoms with van der Waals surface area (Å²) >= 11 is 0. The van der Waals surface area contributed by atoms with Crippen molar-refractivity contribution >= 4 is 11.6 Å². The van der Waals surface area contributed by atoms with Crippen LogP contribution in [-0.2, 0) is 10.2 Å². The molecule has 5 nitrogen and oxygen atoms in total. The number of benzene rings is 2. The quantitative estimate of drug-likeness (QED) is 0.857. The summed E-state index contributed by atoms with van der Waals surface area (Å²) < 4.78 is 16.5. The molecule has 1 amide bonds. The maximum Gasteiger partial charge on any atom is 0.265 e. The molecule has 2 aromatic carbocycles. The highest BCUT2D eigenvalue weighted by atomic mass is 16.7. The second-order valence-corrected chi connectivity index (χ2v) is 7.35. The molecule has 0 saturated carbocycles. The predicted molar refractivity (Wildman–Crippen MR) is 101 cm³/mol. The highest BCUT2D eigenvalue weighted by Crippen LogP contribution is 2.34. The number of nitrogens with one attached hydrogen (secondary N) is 1. The van der Waals surface area contributed by atoms with Gasteiger partial charge in [0.1, 0.15) is 5.75 Å². The molecule has 1 N–H and O–H groups in total. The van der Waals surface area contributed by atoms with E-state index in [2.05, 4.69) is 26.1 Å². The molecule has 1 atom stereocenters. The second kappa shape index (κ2) is 7.28. The lowest BCUT2D eigenvalue weighted by Gasteiger charge is -2.21. The molecule has 1 aliphatic rings. The summed E-state index contributed by atoms with van der Waals surface area (Å²) in [4.78, 5) is 12.6. The predicted octanol–water partition coefficient (Wildman–Crippen LogP) is 4.51. The summed E-state index contributed by atoms with van der Waals surface area (Å²) in [5, 5.41) is 2.88. The van der Waals surface area contributed by atoms with E-state index in [0.29, 0.717) is 29.4 Å². The van der Waals surface area contributed by atoms with E-state index in [0.717, 1.165) is 0 Å². The molecule has 138 valence electrons. The van der Waals surface area contributed by atoms with E-state index < -0.39 is 6.10 Å². The highest BCUT2D eigenvalue weighted by molar-refractivity contribution is 5.94. The van der Waals surface area contributed by atoms with Gasteiger partial charge in [-0.3, -0.25) is 4.79 Å². The number of carbonyl (C=O) groups excluding carboxylic acids is 1. The zero-order valence-electron chi connectivity index (χ0n) is 15.7. The van der Waals surface area contributed by atoms with Gasteiger partial charge in [0.15, 0.2) is 17.6 Å². The van der Waals surface area contributed by atoms with Crippen molar-refractivity contribution in [2.45, 2.75) is 45.6 Å². The summed E-state index contributed by atoms with van der Waals surface area (Å²) in [7, 11) is 0. The van der Waals surface area contributed by atoms with Gasteiger partial charge in [-0.15, -0.1) is 0 Å². The summed E-state index contributed by atoms with van der Waals surface area (Å²) in [5.41, 5.74) is 1.96. The number of hydrogen-bond donors (Lipinski definition) is 1. The third-order valence-corrected chi connectivity index (χ3v) is 4.30. The maximum atomic E-state index is 12.6. The maximum absolute atomic E-state index is 12.6. The van der Waals surface area contributed by atoms with E-state index in [1.807, 2.05) is 31.2 Å². The molecular formula is C21H25NO4. The van der Waals surface area contributed by atoms with Crippen molar-refractivity contribution in [2.24, 2.45) is 0 Å². The van der Waals surface area contributed by atoms with Crippen molar-refractivity contribution in [1.29, 1.82) is 0 Å². The standard InChI is InChI=1S/C21H25NO4/c1-5-17(26-16-9-6-14(7-10-16)21(2,3)4)20(23)22-15-8-11-18-19(12-15)25-13-24-18/h6-12,17H,5,13H2,1-4H3,(H,22,23). The van der Waals surface area contributed by atoms with E-state index in [1.54, 1.807) is 18.2 Å². The van der Waals surface area contributed by atoms with Crippen LogP contribution in [0.25, 0.3) is 0 Å². The summed E-state index contributed by atoms with van der Waals surface area (Å²) in [6.45, 7) is 8.62. The van der Waals surface area contributed by atoms with Crippen molar-refractivity contribution < 1.29 is 19.0 Å². The highest BCUT2D eigenvalue weighted by Gasteiger charge is 2.21. The van der Waals surface area contributed by atoms with Gasteiger partial charge in [-0.1, -0.05) is 39.8 Å². The fourth-order valence-corrected chi connectivity index (χ4v) is 2.72. The molecule has 26 heavy (non-hydrogen) atoms. The molecule has 2 aromatic rings. The lowest BCUT2D eigenvalue weighted by Crippen LogP contribution is -2.32. The first-order chi connectivity index (χ1) is 12.4. The minimum Gasteiger partial charge on any atom is -0.481 e. The molecule has 0 aromatic heterocycles. The molecular weight excluding hydrogens is 330 g/mol. The SMILES string of the molecule is CCC(Oc1ccc(C(C)(C)C)cc1)C(=O)Nc1ccc2c(c1)OCO2. The molecule has 1 unspecified atom stereocenters. The average molecular weight is 355 g/mol. The number of carbonyl (C=O) groups is 1. The molecule has 0 fully saturated rings. The number of ether oxygens (including phenoxy) is 3. The van der Waals surface area contributed by atoms with Crippen LogP contribution in [-0.4, -0.2) is 18.8 Å². The van der Waals surface area contributed by atoms with Gasteiger partial charge in [0.2, 0.25) is 6.79 Å². The molecule has 0 aliphatic carbocycles. The molecule has 0 bridgehead atoms. The summed E-state index contributed by atoms with van der Waals surface area (Å²) in [6.07, 6.45) is -0.00173. The molecule has 1 aliphatic heterocycles. The first kappa shape index (κ1) is 18.1. The third-order valence-electron chi connectivity index (χ3n) is 4.30. The van der Waals surface area contributed by atoms with Crippen LogP contribution in [0.15, 0.2) is 42.5 Å². The average Bonchev–Trinajstić information content (AvgIpc) is 3.07. The Morgan fingerprint density at radius 1 is 1.12 bits per heavy atom. The number of hydrogen-bond acceptors (Lipinski definition) is 4. The minimum atomic E-state index is -0.569. The van der Waals surface area contributed by atoms with Gasteiger partial charge in [-0.2, -0.15) is 0 Å². The van der Waals surface area contributed by atoms with Crippen LogP contribution in [0, 0.1) is 0 Å². The van der Waals surface area contributed by atoms with Crippen LogP contribution >= 0.6 is 0 Å². The fourth-order valence-electron chi connectivity index (χ4n) is 2.72. The zero-order chi connectivity index (χ0) is 18.7. The van der Waals surface area contributed by atoms with Gasteiger partial charge >= 0.3 is 0 Å². The first-order valence-corrected chi connectivity index (χ1v) is 8.84. The van der Waals surface area contributed by atoms with Crippen molar-refractivity contribution in [3.05, 3.63) is 48.0 Å². The Hall–Kier alpha value is -2.69. The van der Waals surface area contributed by atoms with Gasteiger partial charge in [0, 0.05) is 11.8 Å². The molecule has 0 saturated heterocycles. The number of rotatable bonds is 5. The Morgan fingerprint density at radius 2 is 1.81 bits per heavy atom. The Morgan fingerprint density at radius 3 is 2.46 bits per heavy atom. The van der Waals surface area contributed by atoms with E-state index >= 15 is 0 Å². The fraction of sp³-hybridized carbons (Fsp3) is 0.381. The molecule has 5 heteroatoms. The monoisotopic (exact) mass is 355 g/mol. The Kier molecular flexibility index (Phi) is 5.07. The zero-order valence-corrected chi connectivity index (χ0v) is 15.7. The van der Waals surface area contributed by atoms with E-state index in [1.165, 1.54) is 5.56 Å². The van der Waals surface area contributed by atoms with Crippen molar-refractivity contribution in [3.63, 3.8) is 0 Å². The van der Waals surface area contributed by atoms with Crippen molar-refractivity contribution in [2.75, 3.05) is 12.1 Å². The van der Waals surface area contributed by atoms with Gasteiger partial charge < -0.3 is 19.5 Å². The second-order valence-electron chi connectivity index (χ2n) is 7.35. The Balaban J connectivity index is 1.65. The van der Waals surface area contributed by atoms with Gasteiger partial charge in [0.05, 0.1) is 0 Å². The van der Waals surface area contributed by atoms with Crippen molar-refractivity contribution in [1.82, 2.24) is 0 Å². The van der Waals surface area contributed by atoms with Crippen LogP contribution in [0.2, 0.25) is 0 Å². The van der Waals surface area contributed by atoms with Crippen LogP contribution < -0.4 is 19.5 Å². The van der Waals surface area contributed by atoms with Gasteiger partial charge in [-0.05, 0) is 41.7 Å². The summed E-state index contributed by atoms with van der Waals surface area (Å²) in [5.74, 6) is 1.82. The number of anilines is 1. The normalized spacial score (nSPS) is 14.0. The Labute approximate surface area is 154 Å². The van der Waals surface area contributed by atoms with Crippen LogP contribution in [0.4, 0.5) is 5.69 Å². The smallest absolute Gasteiger partial charge is 0.265 e. The minimum absolute atomic E-state index is 0.0828. The molecule has 0 radical (unpaired) electrons. The first-order valence-electron chi connectivity index (χ1n) is 8.84. The molecule has 0 spiro atoms. The largest absolute Gasteiger partial charge is 0.481 e. The topological polar surface area (TPSA) is 56.8 Å². The molecule has 1 heterocycles.